The van der Waals surface area contributed by atoms with Crippen LogP contribution in [0, 0.1) is 6.92 Å². The minimum absolute atomic E-state index is 0.0751. The average Bonchev–Trinajstić information content (AvgIpc) is 3.26. The van der Waals surface area contributed by atoms with E-state index in [0.29, 0.717) is 23.4 Å². The number of nitrogens with one attached hydrogen (secondary N) is 1. The molecule has 0 saturated carbocycles. The number of hydrogen-bond donors (Lipinski definition) is 1. The van der Waals surface area contributed by atoms with Crippen molar-refractivity contribution in [1.82, 2.24) is 4.41 Å². The van der Waals surface area contributed by atoms with Gasteiger partial charge in [0.05, 0.1) is 28.1 Å². The maximum absolute atomic E-state index is 13.5. The van der Waals surface area contributed by atoms with Gasteiger partial charge in [-0.1, -0.05) is 66.2 Å². The van der Waals surface area contributed by atoms with E-state index in [1.165, 1.54) is 0 Å². The number of sulfonamides is 2. The first-order valence-corrected chi connectivity index (χ1v) is 13.6. The highest BCUT2D eigenvalue weighted by Gasteiger charge is 2.38. The number of benzene rings is 3. The van der Waals surface area contributed by atoms with Gasteiger partial charge in [0.2, 0.25) is 10.0 Å². The van der Waals surface area contributed by atoms with Crippen molar-refractivity contribution >= 4 is 31.4 Å². The van der Waals surface area contributed by atoms with E-state index in [0.717, 1.165) is 15.5 Å². The van der Waals surface area contributed by atoms with E-state index in [2.05, 4.69) is 9.82 Å². The normalized spacial score (nSPS) is 16.5. The van der Waals surface area contributed by atoms with Gasteiger partial charge in [-0.25, -0.2) is 8.42 Å². The Labute approximate surface area is 194 Å². The minimum atomic E-state index is -3.93. The molecule has 3 aromatic rings. The summed E-state index contributed by atoms with van der Waals surface area (Å²) in [5.41, 5.74) is 3.30. The molecule has 172 valence electrons. The van der Waals surface area contributed by atoms with Gasteiger partial charge in [-0.15, -0.1) is 0 Å². The van der Waals surface area contributed by atoms with Gasteiger partial charge in [-0.3, -0.25) is 4.72 Å². The first kappa shape index (κ1) is 23.0. The fraction of sp³-hybridized carbons (Fsp3) is 0.208. The van der Waals surface area contributed by atoms with Crippen LogP contribution in [0.4, 0.5) is 5.69 Å². The lowest BCUT2D eigenvalue weighted by Gasteiger charge is -2.23. The summed E-state index contributed by atoms with van der Waals surface area (Å²) in [5, 5.41) is 4.53. The van der Waals surface area contributed by atoms with Crippen LogP contribution in [0.25, 0.3) is 0 Å². The molecule has 3 aromatic carbocycles. The Morgan fingerprint density at radius 1 is 0.909 bits per heavy atom. The number of para-hydroxylation sites is 1. The molecule has 1 N–H and O–H groups in total. The lowest BCUT2D eigenvalue weighted by atomic mass is 9.98. The van der Waals surface area contributed by atoms with Crippen molar-refractivity contribution in [2.75, 3.05) is 10.5 Å². The monoisotopic (exact) mass is 483 g/mol. The van der Waals surface area contributed by atoms with Gasteiger partial charge < -0.3 is 0 Å². The molecule has 1 aliphatic rings. The van der Waals surface area contributed by atoms with Crippen LogP contribution >= 0.6 is 0 Å². The van der Waals surface area contributed by atoms with Crippen LogP contribution in [0.3, 0.4) is 0 Å². The molecule has 0 aromatic heterocycles. The summed E-state index contributed by atoms with van der Waals surface area (Å²) < 4.78 is 55.2. The molecular formula is C24H25N3O4S2. The summed E-state index contributed by atoms with van der Waals surface area (Å²) >= 11 is 0. The van der Waals surface area contributed by atoms with Crippen molar-refractivity contribution in [3.63, 3.8) is 0 Å². The summed E-state index contributed by atoms with van der Waals surface area (Å²) in [7, 11) is -7.45. The van der Waals surface area contributed by atoms with Crippen molar-refractivity contribution in [3.05, 3.63) is 95.6 Å². The Kier molecular flexibility index (Phi) is 6.27. The number of anilines is 1. The van der Waals surface area contributed by atoms with Gasteiger partial charge >= 0.3 is 0 Å². The molecule has 0 aliphatic carbocycles. The van der Waals surface area contributed by atoms with E-state index in [9.17, 15) is 16.8 Å². The topological polar surface area (TPSA) is 95.9 Å². The molecule has 0 saturated heterocycles. The second kappa shape index (κ2) is 8.99. The van der Waals surface area contributed by atoms with Crippen LogP contribution in [0.1, 0.15) is 36.1 Å². The average molecular weight is 484 g/mol. The molecule has 0 fully saturated rings. The van der Waals surface area contributed by atoms with Gasteiger partial charge in [0.1, 0.15) is 0 Å². The lowest BCUT2D eigenvalue weighted by molar-refractivity contribution is 0.371. The summed E-state index contributed by atoms with van der Waals surface area (Å²) in [6, 6.07) is 22.2. The van der Waals surface area contributed by atoms with Crippen molar-refractivity contribution in [1.29, 1.82) is 0 Å². The fourth-order valence-corrected chi connectivity index (χ4v) is 5.79. The predicted octanol–water partition coefficient (Wildman–Crippen LogP) is 4.30. The summed E-state index contributed by atoms with van der Waals surface area (Å²) in [5.74, 6) is -0.0751. The van der Waals surface area contributed by atoms with Gasteiger partial charge in [-0.05, 0) is 37.6 Å². The highest BCUT2D eigenvalue weighted by atomic mass is 32.2. The molecule has 1 atom stereocenters. The Bertz CT molecular complexity index is 1390. The summed E-state index contributed by atoms with van der Waals surface area (Å²) in [4.78, 5) is 0.145. The molecule has 0 amide bonds. The molecule has 7 nitrogen and oxygen atoms in total. The van der Waals surface area contributed by atoms with Crippen LogP contribution in [0.5, 0.6) is 0 Å². The van der Waals surface area contributed by atoms with Crippen molar-refractivity contribution in [3.8, 4) is 0 Å². The first-order valence-electron chi connectivity index (χ1n) is 10.5. The number of hydrazone groups is 1. The largest absolute Gasteiger partial charge is 0.283 e. The van der Waals surface area contributed by atoms with E-state index in [1.807, 2.05) is 31.2 Å². The van der Waals surface area contributed by atoms with Crippen molar-refractivity contribution in [2.24, 2.45) is 5.10 Å². The number of nitrogens with zero attached hydrogens (tertiary/aromatic N) is 2. The van der Waals surface area contributed by atoms with Crippen LogP contribution < -0.4 is 4.72 Å². The van der Waals surface area contributed by atoms with Crippen LogP contribution in [-0.2, 0) is 20.0 Å². The SMILES string of the molecule is CCS(=O)(=O)Nc1ccccc1C1=NN(S(=O)(=O)c2ccccc2)[C@@H](c2ccc(C)cc2)C1. The predicted molar refractivity (Wildman–Crippen MR) is 130 cm³/mol. The van der Waals surface area contributed by atoms with Crippen LogP contribution in [0.15, 0.2) is 88.9 Å². The second-order valence-electron chi connectivity index (χ2n) is 7.82. The van der Waals surface area contributed by atoms with Gasteiger partial charge in [-0.2, -0.15) is 17.9 Å². The lowest BCUT2D eigenvalue weighted by Crippen LogP contribution is -2.27. The quantitative estimate of drug-likeness (QED) is 0.542. The molecule has 0 radical (unpaired) electrons. The third-order valence-corrected chi connectivity index (χ3v) is 8.49. The maximum Gasteiger partial charge on any atom is 0.279 e. The molecule has 0 spiro atoms. The minimum Gasteiger partial charge on any atom is -0.283 e. The fourth-order valence-electron chi connectivity index (χ4n) is 3.67. The van der Waals surface area contributed by atoms with Gasteiger partial charge in [0.25, 0.3) is 10.0 Å². The van der Waals surface area contributed by atoms with E-state index >= 15 is 0 Å². The van der Waals surface area contributed by atoms with Crippen LogP contribution in [0.2, 0.25) is 0 Å². The third-order valence-electron chi connectivity index (χ3n) is 5.51. The molecule has 0 unspecified atom stereocenters. The van der Waals surface area contributed by atoms with E-state index in [-0.39, 0.29) is 10.6 Å². The molecule has 33 heavy (non-hydrogen) atoms. The van der Waals surface area contributed by atoms with Gasteiger partial charge in [0, 0.05) is 12.0 Å². The molecule has 9 heteroatoms. The zero-order valence-electron chi connectivity index (χ0n) is 18.3. The summed E-state index contributed by atoms with van der Waals surface area (Å²) in [6.45, 7) is 3.52. The first-order chi connectivity index (χ1) is 15.7. The van der Waals surface area contributed by atoms with E-state index in [1.54, 1.807) is 61.5 Å². The molecule has 1 aliphatic heterocycles. The smallest absolute Gasteiger partial charge is 0.279 e. The van der Waals surface area contributed by atoms with Crippen molar-refractivity contribution in [2.45, 2.75) is 31.2 Å². The molecule has 4 rings (SSSR count). The Morgan fingerprint density at radius 2 is 1.55 bits per heavy atom. The van der Waals surface area contributed by atoms with E-state index in [4.69, 9.17) is 0 Å². The van der Waals surface area contributed by atoms with Crippen molar-refractivity contribution < 1.29 is 16.8 Å². The molecular weight excluding hydrogens is 458 g/mol. The molecule has 1 heterocycles. The Balaban J connectivity index is 1.82. The van der Waals surface area contributed by atoms with E-state index < -0.39 is 26.1 Å². The summed E-state index contributed by atoms with van der Waals surface area (Å²) in [6.07, 6.45) is 0.306. The number of rotatable bonds is 7. The van der Waals surface area contributed by atoms with Gasteiger partial charge in [0.15, 0.2) is 0 Å². The number of hydrogen-bond acceptors (Lipinski definition) is 5. The Morgan fingerprint density at radius 3 is 2.21 bits per heavy atom. The zero-order valence-corrected chi connectivity index (χ0v) is 20.0. The highest BCUT2D eigenvalue weighted by molar-refractivity contribution is 7.92. The molecule has 0 bridgehead atoms. The third kappa shape index (κ3) is 4.79. The zero-order chi connectivity index (χ0) is 23.6. The number of aryl methyl sites for hydroxylation is 1. The Hall–Kier alpha value is -3.17. The highest BCUT2D eigenvalue weighted by Crippen LogP contribution is 2.38. The maximum atomic E-state index is 13.5. The standard InChI is InChI=1S/C24H25N3O4S2/c1-3-32(28,29)26-22-12-8-7-11-21(22)23-17-24(19-15-13-18(2)14-16-19)27(25-23)33(30,31)20-9-5-4-6-10-20/h4-16,24,26H,3,17H2,1-2H3/t24-/m1/s1. The van der Waals surface area contributed by atoms with Crippen LogP contribution in [-0.4, -0.2) is 32.7 Å². The second-order valence-corrected chi connectivity index (χ2v) is 11.6.